The predicted molar refractivity (Wildman–Crippen MR) is 82.6 cm³/mol. The molecule has 4 nitrogen and oxygen atoms in total. The number of nitrogens with one attached hydrogen (secondary N) is 1. The lowest BCUT2D eigenvalue weighted by atomic mass is 9.80. The van der Waals surface area contributed by atoms with Crippen molar-refractivity contribution in [3.63, 3.8) is 0 Å². The van der Waals surface area contributed by atoms with E-state index in [0.29, 0.717) is 0 Å². The van der Waals surface area contributed by atoms with Gasteiger partial charge < -0.3 is 16.0 Å². The minimum absolute atomic E-state index is 0. The molecular weight excluding hydrogens is 262 g/mol. The van der Waals surface area contributed by atoms with E-state index in [-0.39, 0.29) is 35.8 Å². The second-order valence-electron chi connectivity index (χ2n) is 6.05. The third kappa shape index (κ3) is 4.93. The number of nitrogens with two attached hydrogens (primary N) is 1. The van der Waals surface area contributed by atoms with Gasteiger partial charge in [-0.25, -0.2) is 0 Å². The minimum Gasteiger partial charge on any atom is -0.354 e. The van der Waals surface area contributed by atoms with Gasteiger partial charge in [0.05, 0.1) is 0 Å². The van der Waals surface area contributed by atoms with Crippen molar-refractivity contribution in [2.45, 2.75) is 57.5 Å². The van der Waals surface area contributed by atoms with Crippen molar-refractivity contribution in [2.24, 2.45) is 11.7 Å². The summed E-state index contributed by atoms with van der Waals surface area (Å²) in [6.45, 7) is 4.52. The van der Waals surface area contributed by atoms with Crippen LogP contribution in [0.2, 0.25) is 0 Å². The maximum absolute atomic E-state index is 12.0. The lowest BCUT2D eigenvalue weighted by Gasteiger charge is -2.43. The summed E-state index contributed by atoms with van der Waals surface area (Å²) in [4.78, 5) is 14.3. The maximum atomic E-state index is 12.0. The molecule has 1 aliphatic carbocycles. The molecule has 2 atom stereocenters. The number of hydrogen-bond acceptors (Lipinski definition) is 3. The number of carbonyl (C=O) groups is 1. The quantitative estimate of drug-likeness (QED) is 0.812. The Morgan fingerprint density at radius 3 is 2.21 bits per heavy atom. The highest BCUT2D eigenvalue weighted by Gasteiger charge is 2.34. The van der Waals surface area contributed by atoms with Crippen LogP contribution in [-0.4, -0.2) is 43.0 Å². The fourth-order valence-electron chi connectivity index (χ4n) is 2.64. The van der Waals surface area contributed by atoms with Gasteiger partial charge in [-0.3, -0.25) is 4.79 Å². The molecule has 3 N–H and O–H groups in total. The number of amides is 1. The molecule has 1 aliphatic rings. The van der Waals surface area contributed by atoms with Crippen LogP contribution in [-0.2, 0) is 4.79 Å². The summed E-state index contributed by atoms with van der Waals surface area (Å²) in [6.07, 6.45) is 6.19. The van der Waals surface area contributed by atoms with E-state index in [4.69, 9.17) is 5.73 Å². The third-order valence-corrected chi connectivity index (χ3v) is 4.53. The summed E-state index contributed by atoms with van der Waals surface area (Å²) in [5.41, 5.74) is 5.91. The van der Waals surface area contributed by atoms with Crippen LogP contribution in [0.3, 0.4) is 0 Å². The Labute approximate surface area is 123 Å². The van der Waals surface area contributed by atoms with Gasteiger partial charge in [-0.05, 0) is 33.9 Å². The molecule has 1 rings (SSSR count). The maximum Gasteiger partial charge on any atom is 0.224 e. The van der Waals surface area contributed by atoms with Crippen molar-refractivity contribution in [1.82, 2.24) is 10.2 Å². The molecule has 0 saturated heterocycles. The van der Waals surface area contributed by atoms with E-state index in [0.717, 1.165) is 6.54 Å². The Morgan fingerprint density at radius 2 is 1.79 bits per heavy atom. The van der Waals surface area contributed by atoms with Crippen LogP contribution >= 0.6 is 12.4 Å². The first kappa shape index (κ1) is 18.7. The standard InChI is InChI=1S/C14H29N3O.ClH/c1-11(12(2)15)13(18)16-10-14(17(3)4)8-6-5-7-9-14;/h11-12H,5-10,15H2,1-4H3,(H,16,18);1H. The summed E-state index contributed by atoms with van der Waals surface area (Å²) in [7, 11) is 4.24. The molecule has 1 saturated carbocycles. The minimum atomic E-state index is -0.118. The van der Waals surface area contributed by atoms with E-state index in [1.807, 2.05) is 13.8 Å². The van der Waals surface area contributed by atoms with Crippen LogP contribution in [0.5, 0.6) is 0 Å². The zero-order valence-corrected chi connectivity index (χ0v) is 13.6. The highest BCUT2D eigenvalue weighted by molar-refractivity contribution is 5.85. The first-order valence-electron chi connectivity index (χ1n) is 7.10. The van der Waals surface area contributed by atoms with E-state index in [1.54, 1.807) is 0 Å². The van der Waals surface area contributed by atoms with Gasteiger partial charge in [0.15, 0.2) is 0 Å². The Hall–Kier alpha value is -0.320. The van der Waals surface area contributed by atoms with Gasteiger partial charge in [0.25, 0.3) is 0 Å². The lowest BCUT2D eigenvalue weighted by Crippen LogP contribution is -2.55. The Kier molecular flexibility index (Phi) is 7.94. The average molecular weight is 292 g/mol. The molecule has 0 aromatic rings. The molecule has 114 valence electrons. The fraction of sp³-hybridized carbons (Fsp3) is 0.929. The Bertz CT molecular complexity index is 276. The largest absolute Gasteiger partial charge is 0.354 e. The molecule has 0 radical (unpaired) electrons. The smallest absolute Gasteiger partial charge is 0.224 e. The van der Waals surface area contributed by atoms with E-state index >= 15 is 0 Å². The molecule has 19 heavy (non-hydrogen) atoms. The van der Waals surface area contributed by atoms with E-state index in [2.05, 4.69) is 24.3 Å². The highest BCUT2D eigenvalue weighted by Crippen LogP contribution is 2.31. The average Bonchev–Trinajstić information content (AvgIpc) is 2.35. The topological polar surface area (TPSA) is 58.4 Å². The van der Waals surface area contributed by atoms with Crippen molar-refractivity contribution in [2.75, 3.05) is 20.6 Å². The van der Waals surface area contributed by atoms with Crippen molar-refractivity contribution >= 4 is 18.3 Å². The molecule has 0 bridgehead atoms. The summed E-state index contributed by atoms with van der Waals surface area (Å²) in [6, 6.07) is -0.0911. The van der Waals surface area contributed by atoms with Crippen LogP contribution in [0.4, 0.5) is 0 Å². The van der Waals surface area contributed by atoms with Gasteiger partial charge in [-0.15, -0.1) is 12.4 Å². The summed E-state index contributed by atoms with van der Waals surface area (Å²) < 4.78 is 0. The van der Waals surface area contributed by atoms with Crippen molar-refractivity contribution < 1.29 is 4.79 Å². The van der Waals surface area contributed by atoms with E-state index < -0.39 is 0 Å². The second-order valence-corrected chi connectivity index (χ2v) is 6.05. The van der Waals surface area contributed by atoms with Gasteiger partial charge in [0.1, 0.15) is 0 Å². The Morgan fingerprint density at radius 1 is 1.26 bits per heavy atom. The van der Waals surface area contributed by atoms with Crippen molar-refractivity contribution in [3.05, 3.63) is 0 Å². The molecule has 2 unspecified atom stereocenters. The van der Waals surface area contributed by atoms with Gasteiger partial charge in [0.2, 0.25) is 5.91 Å². The van der Waals surface area contributed by atoms with Gasteiger partial charge in [0, 0.05) is 24.0 Å². The lowest BCUT2D eigenvalue weighted by molar-refractivity contribution is -0.125. The van der Waals surface area contributed by atoms with E-state index in [9.17, 15) is 4.79 Å². The SMILES string of the molecule is CC(N)C(C)C(=O)NCC1(N(C)C)CCCCC1.Cl. The van der Waals surface area contributed by atoms with Crippen molar-refractivity contribution in [3.8, 4) is 0 Å². The number of hydrogen-bond donors (Lipinski definition) is 2. The number of rotatable bonds is 5. The van der Waals surface area contributed by atoms with Gasteiger partial charge in [-0.2, -0.15) is 0 Å². The number of halogens is 1. The zero-order valence-electron chi connectivity index (χ0n) is 12.7. The van der Waals surface area contributed by atoms with Crippen LogP contribution < -0.4 is 11.1 Å². The molecule has 0 aromatic heterocycles. The number of likely N-dealkylation sites (N-methyl/N-ethyl adjacent to an activating group) is 1. The number of carbonyl (C=O) groups excluding carboxylic acids is 1. The molecule has 1 fully saturated rings. The monoisotopic (exact) mass is 291 g/mol. The van der Waals surface area contributed by atoms with Crippen LogP contribution in [0.1, 0.15) is 46.0 Å². The Balaban J connectivity index is 0.00000324. The summed E-state index contributed by atoms with van der Waals surface area (Å²) in [5.74, 6) is -0.0374. The van der Waals surface area contributed by atoms with Crippen LogP contribution in [0.25, 0.3) is 0 Å². The van der Waals surface area contributed by atoms with Crippen LogP contribution in [0.15, 0.2) is 0 Å². The fourth-order valence-corrected chi connectivity index (χ4v) is 2.64. The molecule has 0 spiro atoms. The molecule has 0 aliphatic heterocycles. The van der Waals surface area contributed by atoms with Crippen molar-refractivity contribution in [1.29, 1.82) is 0 Å². The molecule has 1 amide bonds. The van der Waals surface area contributed by atoms with Gasteiger partial charge in [-0.1, -0.05) is 26.2 Å². The summed E-state index contributed by atoms with van der Waals surface area (Å²) >= 11 is 0. The summed E-state index contributed by atoms with van der Waals surface area (Å²) in [5, 5.41) is 3.10. The number of nitrogens with zero attached hydrogens (tertiary/aromatic N) is 1. The third-order valence-electron chi connectivity index (χ3n) is 4.53. The predicted octanol–water partition coefficient (Wildman–Crippen LogP) is 1.77. The normalized spacial score (nSPS) is 21.4. The molecule has 0 heterocycles. The molecular formula is C14H30ClN3O. The van der Waals surface area contributed by atoms with Gasteiger partial charge >= 0.3 is 0 Å². The first-order valence-corrected chi connectivity index (χ1v) is 7.10. The molecule has 5 heteroatoms. The highest BCUT2D eigenvalue weighted by atomic mass is 35.5. The van der Waals surface area contributed by atoms with Crippen LogP contribution in [0, 0.1) is 5.92 Å². The zero-order chi connectivity index (χ0) is 13.8. The first-order chi connectivity index (χ1) is 8.39. The second kappa shape index (κ2) is 8.08. The van der Waals surface area contributed by atoms with E-state index in [1.165, 1.54) is 32.1 Å². The molecule has 0 aromatic carbocycles.